The van der Waals surface area contributed by atoms with Gasteiger partial charge in [-0.1, -0.05) is 39.5 Å². The van der Waals surface area contributed by atoms with Crippen molar-refractivity contribution >= 4 is 20.2 Å². The van der Waals surface area contributed by atoms with E-state index < -0.39 is 24.3 Å². The molecule has 0 bridgehead atoms. The molecule has 0 radical (unpaired) electrons. The van der Waals surface area contributed by atoms with Gasteiger partial charge in [-0.2, -0.15) is 16.8 Å². The van der Waals surface area contributed by atoms with Crippen LogP contribution in [0.4, 0.5) is 0 Å². The first-order valence-electron chi connectivity index (χ1n) is 5.56. The fraction of sp³-hybridized carbons (Fsp3) is 1.00. The van der Waals surface area contributed by atoms with Gasteiger partial charge >= 0.3 is 0 Å². The van der Waals surface area contributed by atoms with Gasteiger partial charge in [0.05, 0.1) is 0 Å². The Morgan fingerprint density at radius 1 is 0.824 bits per heavy atom. The highest BCUT2D eigenvalue weighted by atomic mass is 32.3. The Hall–Kier alpha value is -0.180. The molecule has 0 aromatic heterocycles. The highest BCUT2D eigenvalue weighted by Gasteiger charge is 2.53. The van der Waals surface area contributed by atoms with Crippen molar-refractivity contribution in [3.63, 3.8) is 0 Å². The molecule has 0 unspecified atom stereocenters. The van der Waals surface area contributed by atoms with Gasteiger partial charge in [0.25, 0.3) is 20.2 Å². The molecule has 0 aliphatic heterocycles. The second-order valence-electron chi connectivity index (χ2n) is 4.07. The number of hydrogen-bond donors (Lipinski definition) is 2. The summed E-state index contributed by atoms with van der Waals surface area (Å²) in [6.07, 6.45) is 1.15. The second-order valence-corrected chi connectivity index (χ2v) is 7.79. The van der Waals surface area contributed by atoms with Crippen molar-refractivity contribution in [3.05, 3.63) is 0 Å². The molecule has 0 aliphatic rings. The van der Waals surface area contributed by atoms with Gasteiger partial charge in [-0.3, -0.25) is 9.11 Å². The van der Waals surface area contributed by atoms with Gasteiger partial charge in [0, 0.05) is 0 Å². The first kappa shape index (κ1) is 16.8. The monoisotopic (exact) mass is 288 g/mol. The Balaban J connectivity index is 5.56. The zero-order valence-electron chi connectivity index (χ0n) is 10.1. The molecule has 17 heavy (non-hydrogen) atoms. The molecule has 0 aromatic rings. The predicted octanol–water partition coefficient (Wildman–Crippen LogP) is 1.84. The standard InChI is InChI=1S/C9H20O6S2/c1-3-5-7-9(8-6-4-2,16(10,11)12)17(13,14)15/h3-8H2,1-2H3,(H,10,11,12)(H,13,14,15). The van der Waals surface area contributed by atoms with Gasteiger partial charge in [-0.25, -0.2) is 0 Å². The third kappa shape index (κ3) is 3.90. The summed E-state index contributed by atoms with van der Waals surface area (Å²) in [5.74, 6) is 0. The molecule has 8 heteroatoms. The first-order valence-corrected chi connectivity index (χ1v) is 8.44. The summed E-state index contributed by atoms with van der Waals surface area (Å²) in [6.45, 7) is 3.52. The van der Waals surface area contributed by atoms with Gasteiger partial charge in [0.1, 0.15) is 0 Å². The number of unbranched alkanes of at least 4 members (excludes halogenated alkanes) is 2. The molecule has 0 rings (SSSR count). The highest BCUT2D eigenvalue weighted by molar-refractivity contribution is 8.05. The zero-order chi connectivity index (χ0) is 13.7. The zero-order valence-corrected chi connectivity index (χ0v) is 11.7. The Kier molecular flexibility index (Phi) is 6.06. The summed E-state index contributed by atoms with van der Waals surface area (Å²) in [5, 5.41) is 0. The van der Waals surface area contributed by atoms with Crippen molar-refractivity contribution in [1.82, 2.24) is 0 Å². The maximum absolute atomic E-state index is 11.3. The Labute approximate surface area is 103 Å². The van der Waals surface area contributed by atoms with Crippen LogP contribution in [-0.4, -0.2) is 30.0 Å². The Morgan fingerprint density at radius 3 is 1.29 bits per heavy atom. The van der Waals surface area contributed by atoms with Crippen LogP contribution in [0.2, 0.25) is 0 Å². The SMILES string of the molecule is CCCCC(CCCC)(S(=O)(=O)O)S(=O)(=O)O. The molecule has 0 saturated carbocycles. The lowest BCUT2D eigenvalue weighted by Crippen LogP contribution is -2.45. The summed E-state index contributed by atoms with van der Waals surface area (Å²) >= 11 is 0. The average Bonchev–Trinajstić information content (AvgIpc) is 2.14. The molecular weight excluding hydrogens is 268 g/mol. The maximum atomic E-state index is 11.3. The van der Waals surface area contributed by atoms with E-state index >= 15 is 0 Å². The smallest absolute Gasteiger partial charge is 0.284 e. The lowest BCUT2D eigenvalue weighted by molar-refractivity contribution is 0.394. The molecule has 0 saturated heterocycles. The topological polar surface area (TPSA) is 109 Å². The summed E-state index contributed by atoms with van der Waals surface area (Å²) < 4.78 is 61.1. The lowest BCUT2D eigenvalue weighted by atomic mass is 10.1. The number of hydrogen-bond acceptors (Lipinski definition) is 4. The Bertz CT molecular complexity index is 380. The van der Waals surface area contributed by atoms with Crippen LogP contribution in [0, 0.1) is 0 Å². The average molecular weight is 288 g/mol. The molecule has 0 atom stereocenters. The van der Waals surface area contributed by atoms with Crippen molar-refractivity contribution in [1.29, 1.82) is 0 Å². The largest absolute Gasteiger partial charge is 0.287 e. The lowest BCUT2D eigenvalue weighted by Gasteiger charge is -2.27. The van der Waals surface area contributed by atoms with Crippen molar-refractivity contribution in [2.24, 2.45) is 0 Å². The van der Waals surface area contributed by atoms with Crippen LogP contribution in [-0.2, 0) is 20.2 Å². The highest BCUT2D eigenvalue weighted by Crippen LogP contribution is 2.34. The van der Waals surface area contributed by atoms with Gasteiger partial charge in [-0.05, 0) is 12.8 Å². The van der Waals surface area contributed by atoms with E-state index in [1.54, 1.807) is 13.8 Å². The quantitative estimate of drug-likeness (QED) is 0.660. The summed E-state index contributed by atoms with van der Waals surface area (Å²) in [5.41, 5.74) is 0. The van der Waals surface area contributed by atoms with Gasteiger partial charge < -0.3 is 0 Å². The van der Waals surface area contributed by atoms with Crippen LogP contribution < -0.4 is 0 Å². The van der Waals surface area contributed by atoms with Crippen molar-refractivity contribution < 1.29 is 25.9 Å². The molecule has 0 aromatic carbocycles. The van der Waals surface area contributed by atoms with E-state index in [0.29, 0.717) is 25.7 Å². The van der Waals surface area contributed by atoms with Crippen LogP contribution in [0.3, 0.4) is 0 Å². The maximum Gasteiger partial charge on any atom is 0.287 e. The summed E-state index contributed by atoms with van der Waals surface area (Å²) in [7, 11) is -9.73. The van der Waals surface area contributed by atoms with E-state index in [1.807, 2.05) is 0 Å². The predicted molar refractivity (Wildman–Crippen MR) is 64.9 cm³/mol. The molecule has 0 spiro atoms. The molecule has 6 nitrogen and oxygen atoms in total. The minimum absolute atomic E-state index is 0.291. The van der Waals surface area contributed by atoms with Crippen LogP contribution in [0.5, 0.6) is 0 Å². The van der Waals surface area contributed by atoms with Crippen LogP contribution >= 0.6 is 0 Å². The molecular formula is C9H20O6S2. The Morgan fingerprint density at radius 2 is 1.12 bits per heavy atom. The van der Waals surface area contributed by atoms with Gasteiger partial charge in [-0.15, -0.1) is 0 Å². The fourth-order valence-corrected chi connectivity index (χ4v) is 4.34. The van der Waals surface area contributed by atoms with E-state index in [1.165, 1.54) is 0 Å². The van der Waals surface area contributed by atoms with E-state index in [2.05, 4.69) is 0 Å². The molecule has 0 amide bonds. The molecule has 0 aliphatic carbocycles. The summed E-state index contributed by atoms with van der Waals surface area (Å²) in [6, 6.07) is 0. The fourth-order valence-electron chi connectivity index (χ4n) is 1.67. The van der Waals surface area contributed by atoms with Crippen LogP contribution in [0.1, 0.15) is 52.4 Å². The van der Waals surface area contributed by atoms with E-state index in [-0.39, 0.29) is 12.8 Å². The van der Waals surface area contributed by atoms with Crippen molar-refractivity contribution in [2.45, 2.75) is 56.5 Å². The third-order valence-corrected chi connectivity index (χ3v) is 6.72. The second kappa shape index (κ2) is 6.12. The van der Waals surface area contributed by atoms with E-state index in [0.717, 1.165) is 0 Å². The van der Waals surface area contributed by atoms with Crippen molar-refractivity contribution in [2.75, 3.05) is 0 Å². The van der Waals surface area contributed by atoms with Crippen LogP contribution in [0.25, 0.3) is 0 Å². The van der Waals surface area contributed by atoms with Gasteiger partial charge in [0.15, 0.2) is 0 Å². The third-order valence-electron chi connectivity index (χ3n) is 2.76. The minimum atomic E-state index is -4.87. The van der Waals surface area contributed by atoms with E-state index in [4.69, 9.17) is 9.11 Å². The van der Waals surface area contributed by atoms with Gasteiger partial charge in [0.2, 0.25) is 4.08 Å². The first-order chi connectivity index (χ1) is 7.62. The minimum Gasteiger partial charge on any atom is -0.284 e. The molecule has 0 heterocycles. The van der Waals surface area contributed by atoms with Crippen molar-refractivity contribution in [3.8, 4) is 0 Å². The van der Waals surface area contributed by atoms with E-state index in [9.17, 15) is 16.8 Å². The molecule has 2 N–H and O–H groups in total. The summed E-state index contributed by atoms with van der Waals surface area (Å²) in [4.78, 5) is 0. The molecule has 0 fully saturated rings. The molecule has 104 valence electrons. The normalized spacial score (nSPS) is 13.9. The van der Waals surface area contributed by atoms with Crippen LogP contribution in [0.15, 0.2) is 0 Å². The number of rotatable bonds is 8.